The third-order valence-corrected chi connectivity index (χ3v) is 4.74. The zero-order valence-corrected chi connectivity index (χ0v) is 14.3. The molecule has 3 heterocycles. The summed E-state index contributed by atoms with van der Waals surface area (Å²) in [5, 5.41) is 6.99. The van der Waals surface area contributed by atoms with Crippen LogP contribution in [-0.2, 0) is 9.59 Å². The zero-order valence-electron chi connectivity index (χ0n) is 14.3. The number of ether oxygens (including phenoxy) is 1. The molecular weight excluding hydrogens is 322 g/mol. The summed E-state index contributed by atoms with van der Waals surface area (Å²) in [5.41, 5.74) is 3.10. The first-order valence-corrected chi connectivity index (χ1v) is 8.27. The maximum atomic E-state index is 12.2. The molecule has 7 heteroatoms. The molecule has 25 heavy (non-hydrogen) atoms. The molecule has 0 spiro atoms. The second-order valence-electron chi connectivity index (χ2n) is 6.76. The van der Waals surface area contributed by atoms with Crippen molar-refractivity contribution in [2.75, 3.05) is 23.9 Å². The van der Waals surface area contributed by atoms with E-state index in [1.165, 1.54) is 0 Å². The number of amides is 2. The summed E-state index contributed by atoms with van der Waals surface area (Å²) in [4.78, 5) is 25.6. The van der Waals surface area contributed by atoms with Crippen molar-refractivity contribution in [2.45, 2.75) is 32.1 Å². The molecule has 0 saturated carbocycles. The second-order valence-corrected chi connectivity index (χ2v) is 6.76. The van der Waals surface area contributed by atoms with Gasteiger partial charge in [0.05, 0.1) is 17.3 Å². The van der Waals surface area contributed by atoms with E-state index in [9.17, 15) is 9.59 Å². The van der Waals surface area contributed by atoms with Crippen molar-refractivity contribution in [3.05, 3.63) is 35.2 Å². The first-order valence-electron chi connectivity index (χ1n) is 8.27. The van der Waals surface area contributed by atoms with Gasteiger partial charge in [-0.05, 0) is 23.6 Å². The van der Waals surface area contributed by atoms with E-state index in [1.807, 2.05) is 26.0 Å². The molecule has 1 atom stereocenters. The monoisotopic (exact) mass is 341 g/mol. The van der Waals surface area contributed by atoms with Crippen LogP contribution in [-0.4, -0.2) is 30.6 Å². The van der Waals surface area contributed by atoms with Gasteiger partial charge in [0, 0.05) is 25.2 Å². The van der Waals surface area contributed by atoms with Gasteiger partial charge in [0.15, 0.2) is 6.61 Å². The molecule has 1 aromatic heterocycles. The van der Waals surface area contributed by atoms with Gasteiger partial charge in [0.2, 0.25) is 5.91 Å². The summed E-state index contributed by atoms with van der Waals surface area (Å²) in [6.45, 7) is 4.10. The number of carbonyl (C=O) groups excluding carboxylic acids is 2. The highest BCUT2D eigenvalue weighted by Crippen LogP contribution is 2.44. The summed E-state index contributed by atoms with van der Waals surface area (Å²) in [6, 6.07) is 5.58. The van der Waals surface area contributed by atoms with Gasteiger partial charge in [-0.2, -0.15) is 0 Å². The fraction of sp³-hybridized carbons (Fsp3) is 0.389. The predicted molar refractivity (Wildman–Crippen MR) is 91.0 cm³/mol. The number of aromatic nitrogens is 1. The molecule has 2 amide bonds. The minimum Gasteiger partial charge on any atom is -0.482 e. The van der Waals surface area contributed by atoms with E-state index in [1.54, 1.807) is 18.0 Å². The molecule has 2 aliphatic rings. The van der Waals surface area contributed by atoms with E-state index in [2.05, 4.69) is 10.5 Å². The summed E-state index contributed by atoms with van der Waals surface area (Å²) in [6.07, 6.45) is 0.285. The number of benzene rings is 1. The van der Waals surface area contributed by atoms with E-state index in [4.69, 9.17) is 9.26 Å². The van der Waals surface area contributed by atoms with E-state index in [0.717, 1.165) is 11.3 Å². The van der Waals surface area contributed by atoms with E-state index >= 15 is 0 Å². The highest BCUT2D eigenvalue weighted by atomic mass is 16.5. The Labute approximate surface area is 144 Å². The number of rotatable bonds is 2. The second kappa shape index (κ2) is 5.61. The fourth-order valence-corrected chi connectivity index (χ4v) is 3.22. The van der Waals surface area contributed by atoms with Gasteiger partial charge in [-0.3, -0.25) is 9.59 Å². The average molecular weight is 341 g/mol. The lowest BCUT2D eigenvalue weighted by atomic mass is 9.87. The van der Waals surface area contributed by atoms with Gasteiger partial charge >= 0.3 is 0 Å². The molecular formula is C18H19N3O4. The Morgan fingerprint density at radius 3 is 2.80 bits per heavy atom. The van der Waals surface area contributed by atoms with E-state index in [0.29, 0.717) is 22.9 Å². The molecule has 0 unspecified atom stereocenters. The van der Waals surface area contributed by atoms with Gasteiger partial charge in [0.1, 0.15) is 11.5 Å². The molecule has 0 bridgehead atoms. The maximum absolute atomic E-state index is 12.2. The number of likely N-dealkylation sites (N-methyl/N-ethyl adjacent to an activating group) is 1. The van der Waals surface area contributed by atoms with E-state index in [-0.39, 0.29) is 36.7 Å². The Bertz CT molecular complexity index is 871. The first-order chi connectivity index (χ1) is 11.9. The van der Waals surface area contributed by atoms with Gasteiger partial charge < -0.3 is 19.5 Å². The molecule has 0 saturated heterocycles. The van der Waals surface area contributed by atoms with Crippen molar-refractivity contribution in [1.29, 1.82) is 0 Å². The zero-order chi connectivity index (χ0) is 17.7. The lowest BCUT2D eigenvalue weighted by molar-refractivity contribution is -0.121. The van der Waals surface area contributed by atoms with Crippen LogP contribution in [0, 0.1) is 0 Å². The van der Waals surface area contributed by atoms with Crippen molar-refractivity contribution in [1.82, 2.24) is 5.16 Å². The Morgan fingerprint density at radius 1 is 1.28 bits per heavy atom. The SMILES string of the molecule is CC(C)c1cc([C@@H]2CC(=O)Nc3cc4c(cc32)OCC(=O)N4C)on1. The van der Waals surface area contributed by atoms with Crippen molar-refractivity contribution < 1.29 is 18.8 Å². The number of anilines is 2. The normalized spacial score (nSPS) is 19.4. The van der Waals surface area contributed by atoms with Crippen LogP contribution in [0.3, 0.4) is 0 Å². The lowest BCUT2D eigenvalue weighted by Crippen LogP contribution is -2.36. The number of fused-ring (bicyclic) bond motifs is 2. The first kappa shape index (κ1) is 15.7. The quantitative estimate of drug-likeness (QED) is 0.908. The predicted octanol–water partition coefficient (Wildman–Crippen LogP) is 2.63. The Hall–Kier alpha value is -2.83. The van der Waals surface area contributed by atoms with E-state index < -0.39 is 0 Å². The van der Waals surface area contributed by atoms with Crippen molar-refractivity contribution >= 4 is 23.2 Å². The third kappa shape index (κ3) is 2.56. The van der Waals surface area contributed by atoms with Crippen molar-refractivity contribution in [3.8, 4) is 5.75 Å². The van der Waals surface area contributed by atoms with Crippen LogP contribution >= 0.6 is 0 Å². The highest BCUT2D eigenvalue weighted by molar-refractivity contribution is 6.01. The molecule has 130 valence electrons. The fourth-order valence-electron chi connectivity index (χ4n) is 3.22. The third-order valence-electron chi connectivity index (χ3n) is 4.74. The smallest absolute Gasteiger partial charge is 0.264 e. The average Bonchev–Trinajstić information content (AvgIpc) is 3.07. The minimum absolute atomic E-state index is 0.0130. The largest absolute Gasteiger partial charge is 0.482 e. The summed E-state index contributed by atoms with van der Waals surface area (Å²) in [7, 11) is 1.70. The Morgan fingerprint density at radius 2 is 2.08 bits per heavy atom. The molecule has 4 rings (SSSR count). The molecule has 7 nitrogen and oxygen atoms in total. The lowest BCUT2D eigenvalue weighted by Gasteiger charge is -2.30. The Balaban J connectivity index is 1.80. The molecule has 0 fully saturated rings. The van der Waals surface area contributed by atoms with Crippen LogP contribution in [0.5, 0.6) is 5.75 Å². The van der Waals surface area contributed by atoms with Crippen LogP contribution in [0.4, 0.5) is 11.4 Å². The number of nitrogens with zero attached hydrogens (tertiary/aromatic N) is 2. The van der Waals surface area contributed by atoms with Gasteiger partial charge in [0.25, 0.3) is 5.91 Å². The minimum atomic E-state index is -0.222. The standard InChI is InChI=1S/C18H19N3O4/c1-9(2)12-7-15(25-20-12)11-5-17(22)19-13-6-14-16(4-10(11)13)24-8-18(23)21(14)3/h4,6-7,9,11H,5,8H2,1-3H3,(H,19,22)/t11-/m1/s1. The number of hydrogen-bond acceptors (Lipinski definition) is 5. The maximum Gasteiger partial charge on any atom is 0.264 e. The summed E-state index contributed by atoms with van der Waals surface area (Å²) < 4.78 is 11.1. The number of carbonyl (C=O) groups is 2. The Kier molecular flexibility index (Phi) is 3.52. The molecule has 0 radical (unpaired) electrons. The van der Waals surface area contributed by atoms with Crippen molar-refractivity contribution in [2.24, 2.45) is 0 Å². The molecule has 1 N–H and O–H groups in total. The summed E-state index contributed by atoms with van der Waals surface area (Å²) in [5.74, 6) is 1.11. The van der Waals surface area contributed by atoms with Gasteiger partial charge in [-0.25, -0.2) is 0 Å². The van der Waals surface area contributed by atoms with Gasteiger partial charge in [-0.1, -0.05) is 19.0 Å². The topological polar surface area (TPSA) is 84.7 Å². The highest BCUT2D eigenvalue weighted by Gasteiger charge is 2.33. The molecule has 2 aliphatic heterocycles. The van der Waals surface area contributed by atoms with Crippen LogP contribution < -0.4 is 15.0 Å². The van der Waals surface area contributed by atoms with Crippen LogP contribution in [0.15, 0.2) is 22.7 Å². The molecule has 1 aromatic carbocycles. The van der Waals surface area contributed by atoms with Crippen LogP contribution in [0.2, 0.25) is 0 Å². The molecule has 2 aromatic rings. The number of hydrogen-bond donors (Lipinski definition) is 1. The van der Waals surface area contributed by atoms with Crippen LogP contribution in [0.1, 0.15) is 49.1 Å². The molecule has 0 aliphatic carbocycles. The number of nitrogens with one attached hydrogen (secondary N) is 1. The van der Waals surface area contributed by atoms with Crippen LogP contribution in [0.25, 0.3) is 0 Å². The summed E-state index contributed by atoms with van der Waals surface area (Å²) >= 11 is 0. The van der Waals surface area contributed by atoms with Crippen molar-refractivity contribution in [3.63, 3.8) is 0 Å². The van der Waals surface area contributed by atoms with Gasteiger partial charge in [-0.15, -0.1) is 0 Å².